The van der Waals surface area contributed by atoms with Crippen molar-refractivity contribution >= 4 is 11.0 Å². The molecule has 0 aliphatic heterocycles. The van der Waals surface area contributed by atoms with Crippen LogP contribution < -0.4 is 33.7 Å². The number of benzene rings is 2. The highest BCUT2D eigenvalue weighted by Crippen LogP contribution is 2.25. The van der Waals surface area contributed by atoms with Gasteiger partial charge in [-0.05, 0) is 54.6 Å². The van der Waals surface area contributed by atoms with Crippen LogP contribution in [0.3, 0.4) is 0 Å². The van der Waals surface area contributed by atoms with Gasteiger partial charge < -0.3 is 18.7 Å². The molecule has 10 heteroatoms. The first-order chi connectivity index (χ1) is 14.7. The van der Waals surface area contributed by atoms with Crippen LogP contribution in [0.1, 0.15) is 5.76 Å². The van der Waals surface area contributed by atoms with E-state index in [1.165, 1.54) is 0 Å². The molecule has 0 bridgehead atoms. The first-order valence-corrected chi connectivity index (χ1v) is 10.1. The molecule has 0 amide bonds. The summed E-state index contributed by atoms with van der Waals surface area (Å²) in [4.78, 5) is 3.36. The molecule has 0 radical (unpaired) electrons. The summed E-state index contributed by atoms with van der Waals surface area (Å²) in [5, 5.41) is 11.5. The number of methoxy groups -OCH3 is 1. The molecular weight excluding hydrogens is 430 g/mol. The van der Waals surface area contributed by atoms with E-state index in [0.717, 1.165) is 27.8 Å². The van der Waals surface area contributed by atoms with Gasteiger partial charge >= 0.3 is 0 Å². The Morgan fingerprint density at radius 1 is 1.00 bits per heavy atom. The maximum absolute atomic E-state index is 9.85. The Bertz CT molecular complexity index is 1190. The van der Waals surface area contributed by atoms with Gasteiger partial charge in [-0.1, -0.05) is 0 Å². The summed E-state index contributed by atoms with van der Waals surface area (Å²) in [6, 6.07) is 18.4. The number of fused-ring (bicyclic) bond motifs is 1. The molecule has 2 aromatic carbocycles. The van der Waals surface area contributed by atoms with Gasteiger partial charge in [-0.2, -0.15) is 0 Å². The molecule has 0 aliphatic rings. The number of aromatic hydroxyl groups is 1. The first-order valence-electron chi connectivity index (χ1n) is 8.85. The lowest BCUT2D eigenvalue weighted by Crippen LogP contribution is -2.74. The number of phenols is 1. The van der Waals surface area contributed by atoms with Gasteiger partial charge in [-0.3, -0.25) is 0 Å². The number of phenolic OH excluding ortho intramolecular Hbond substituents is 1. The predicted molar refractivity (Wildman–Crippen MR) is 96.4 cm³/mol. The van der Waals surface area contributed by atoms with Crippen molar-refractivity contribution < 1.29 is 52.5 Å². The summed E-state index contributed by atoms with van der Waals surface area (Å²) in [6.45, 7) is 0.532. The zero-order valence-electron chi connectivity index (χ0n) is 16.2. The quantitative estimate of drug-likeness (QED) is 0.357. The fourth-order valence-electron chi connectivity index (χ4n) is 2.81. The van der Waals surface area contributed by atoms with Crippen LogP contribution in [0.15, 0.2) is 75.8 Å². The third kappa shape index (κ3) is 6.57. The molecule has 0 fully saturated rings. The SMILES string of the molecule is COc1ccc(-c2cc(=[NH+]Cc3ccco3)c3cc(O)ccc3o2)cc1.[O-][Cl+3]([O-])([O-])[O-]. The van der Waals surface area contributed by atoms with Crippen LogP contribution >= 0.6 is 0 Å². The zero-order chi connectivity index (χ0) is 22.4. The summed E-state index contributed by atoms with van der Waals surface area (Å²) in [5.41, 5.74) is 1.61. The van der Waals surface area contributed by atoms with Crippen molar-refractivity contribution in [2.75, 3.05) is 7.11 Å². The van der Waals surface area contributed by atoms with E-state index in [1.807, 2.05) is 42.5 Å². The maximum atomic E-state index is 9.85. The van der Waals surface area contributed by atoms with Gasteiger partial charge in [0, 0.05) is 5.56 Å². The molecule has 2 heterocycles. The minimum atomic E-state index is -4.94. The molecule has 31 heavy (non-hydrogen) atoms. The fourth-order valence-corrected chi connectivity index (χ4v) is 2.81. The Morgan fingerprint density at radius 3 is 2.32 bits per heavy atom. The van der Waals surface area contributed by atoms with E-state index in [0.29, 0.717) is 17.9 Å². The van der Waals surface area contributed by atoms with Crippen LogP contribution in [0, 0.1) is 10.2 Å². The summed E-state index contributed by atoms with van der Waals surface area (Å²) >= 11 is 0. The highest BCUT2D eigenvalue weighted by atomic mass is 35.7. The second-order valence-electron chi connectivity index (χ2n) is 6.24. The molecule has 0 saturated heterocycles. The smallest absolute Gasteiger partial charge is 0.213 e. The molecule has 162 valence electrons. The van der Waals surface area contributed by atoms with E-state index in [4.69, 9.17) is 32.2 Å². The van der Waals surface area contributed by atoms with Gasteiger partial charge in [0.1, 0.15) is 22.8 Å². The van der Waals surface area contributed by atoms with E-state index < -0.39 is 10.2 Å². The molecular formula is C21H18ClNO8. The Balaban J connectivity index is 0.000000491. The van der Waals surface area contributed by atoms with Gasteiger partial charge in [0.2, 0.25) is 5.36 Å². The zero-order valence-corrected chi connectivity index (χ0v) is 17.0. The summed E-state index contributed by atoms with van der Waals surface area (Å²) < 4.78 is 50.6. The lowest BCUT2D eigenvalue weighted by molar-refractivity contribution is -2.00. The van der Waals surface area contributed by atoms with Gasteiger partial charge in [0.15, 0.2) is 12.3 Å². The predicted octanol–water partition coefficient (Wildman–Crippen LogP) is -2.17. The molecule has 0 saturated carbocycles. The third-order valence-electron chi connectivity index (χ3n) is 4.16. The molecule has 2 aromatic heterocycles. The van der Waals surface area contributed by atoms with E-state index in [1.54, 1.807) is 31.6 Å². The van der Waals surface area contributed by atoms with Crippen molar-refractivity contribution in [1.29, 1.82) is 0 Å². The minimum absolute atomic E-state index is 0.186. The number of rotatable bonds is 4. The molecule has 4 rings (SSSR count). The van der Waals surface area contributed by atoms with E-state index in [-0.39, 0.29) is 5.75 Å². The van der Waals surface area contributed by atoms with Crippen LogP contribution in [0.4, 0.5) is 0 Å². The number of furan rings is 1. The largest absolute Gasteiger partial charge is 0.508 e. The van der Waals surface area contributed by atoms with E-state index >= 15 is 0 Å². The van der Waals surface area contributed by atoms with Crippen LogP contribution in [-0.2, 0) is 6.54 Å². The Labute approximate surface area is 178 Å². The van der Waals surface area contributed by atoms with Crippen LogP contribution in [-0.4, -0.2) is 12.2 Å². The normalized spacial score (nSPS) is 11.8. The van der Waals surface area contributed by atoms with Crippen LogP contribution in [0.25, 0.3) is 22.3 Å². The highest BCUT2D eigenvalue weighted by Gasteiger charge is 2.10. The molecule has 9 nitrogen and oxygen atoms in total. The topological polar surface area (TPSA) is 162 Å². The summed E-state index contributed by atoms with van der Waals surface area (Å²) in [7, 11) is -3.31. The van der Waals surface area contributed by atoms with E-state index in [9.17, 15) is 5.11 Å². The average Bonchev–Trinajstić information content (AvgIpc) is 3.24. The standard InChI is InChI=1S/C21H17NO4.ClHO4/c1-24-16-7-4-14(5-8-16)21-12-19(22-13-17-3-2-10-25-17)18-11-15(23)6-9-20(18)26-21;2-1(3,4)5/h2-12,23H,13H2,1H3;(H,2,3,4,5). The molecule has 0 aliphatic carbocycles. The van der Waals surface area contributed by atoms with Crippen molar-refractivity contribution in [2.24, 2.45) is 0 Å². The van der Waals surface area contributed by atoms with Crippen molar-refractivity contribution in [1.82, 2.24) is 0 Å². The molecule has 0 spiro atoms. The Kier molecular flexibility index (Phi) is 6.95. The molecule has 0 unspecified atom stereocenters. The average molecular weight is 448 g/mol. The number of ether oxygens (including phenoxy) is 1. The monoisotopic (exact) mass is 447 g/mol. The highest BCUT2D eigenvalue weighted by molar-refractivity contribution is 5.79. The number of halogens is 1. The summed E-state index contributed by atoms with van der Waals surface area (Å²) in [5.74, 6) is 2.51. The molecule has 2 N–H and O–H groups in total. The lowest BCUT2D eigenvalue weighted by Gasteiger charge is -2.17. The third-order valence-corrected chi connectivity index (χ3v) is 4.16. The first kappa shape index (κ1) is 22.3. The number of hydrogen-bond acceptors (Lipinski definition) is 8. The van der Waals surface area contributed by atoms with Gasteiger partial charge in [-0.25, -0.2) is 23.6 Å². The van der Waals surface area contributed by atoms with Crippen LogP contribution in [0.2, 0.25) is 0 Å². The Morgan fingerprint density at radius 2 is 1.71 bits per heavy atom. The second kappa shape index (κ2) is 9.65. The van der Waals surface area contributed by atoms with Crippen molar-refractivity contribution in [2.45, 2.75) is 6.54 Å². The van der Waals surface area contributed by atoms with Gasteiger partial charge in [0.25, 0.3) is 0 Å². The molecule has 0 atom stereocenters. The van der Waals surface area contributed by atoms with Gasteiger partial charge in [0.05, 0.1) is 24.8 Å². The van der Waals surface area contributed by atoms with Gasteiger partial charge in [-0.15, -0.1) is 10.2 Å². The lowest BCUT2D eigenvalue weighted by atomic mass is 10.1. The van der Waals surface area contributed by atoms with E-state index in [2.05, 4.69) is 4.99 Å². The molecule has 4 aromatic rings. The minimum Gasteiger partial charge on any atom is -0.508 e. The number of nitrogens with one attached hydrogen (secondary N) is 1. The van der Waals surface area contributed by atoms with Crippen molar-refractivity contribution in [3.8, 4) is 22.8 Å². The van der Waals surface area contributed by atoms with Crippen LogP contribution in [0.5, 0.6) is 11.5 Å². The fraction of sp³-hybridized carbons (Fsp3) is 0.0952. The van der Waals surface area contributed by atoms with Crippen molar-refractivity contribution in [3.05, 3.63) is 78.0 Å². The number of hydrogen-bond donors (Lipinski definition) is 2. The second-order valence-corrected chi connectivity index (χ2v) is 7.00. The maximum Gasteiger partial charge on any atom is 0.213 e. The van der Waals surface area contributed by atoms with Crippen molar-refractivity contribution in [3.63, 3.8) is 0 Å². The Hall–Kier alpha value is -3.34. The summed E-state index contributed by atoms with van der Waals surface area (Å²) in [6.07, 6.45) is 1.64.